The Labute approximate surface area is 120 Å². The quantitative estimate of drug-likeness (QED) is 0.919. The smallest absolute Gasteiger partial charge is 0.223 e. The number of nitrogens with one attached hydrogen (secondary N) is 1. The van der Waals surface area contributed by atoms with Gasteiger partial charge in [0.2, 0.25) is 5.91 Å². The van der Waals surface area contributed by atoms with Gasteiger partial charge in [-0.3, -0.25) is 4.79 Å². The normalized spacial score (nSPS) is 23.1. The number of benzene rings is 1. The molecule has 3 nitrogen and oxygen atoms in total. The molecule has 1 atom stereocenters. The number of hydrogen-bond acceptors (Lipinski definition) is 2. The van der Waals surface area contributed by atoms with Gasteiger partial charge in [-0.25, -0.2) is 0 Å². The monoisotopic (exact) mass is 273 g/mol. The Morgan fingerprint density at radius 2 is 1.90 bits per heavy atom. The van der Waals surface area contributed by atoms with E-state index in [9.17, 15) is 4.79 Å². The van der Waals surface area contributed by atoms with E-state index in [1.54, 1.807) is 0 Å². The molecule has 20 heavy (non-hydrogen) atoms. The maximum atomic E-state index is 12.1. The molecule has 1 amide bonds. The van der Waals surface area contributed by atoms with Crippen molar-refractivity contribution in [3.8, 4) is 0 Å². The van der Waals surface area contributed by atoms with Crippen LogP contribution in [0.4, 0.5) is 0 Å². The molecular formula is C17H23NO2. The molecule has 1 saturated carbocycles. The van der Waals surface area contributed by atoms with Crippen LogP contribution in [0.25, 0.3) is 0 Å². The van der Waals surface area contributed by atoms with Crippen LogP contribution in [0.2, 0.25) is 0 Å². The molecule has 0 aromatic heterocycles. The van der Waals surface area contributed by atoms with Gasteiger partial charge in [0, 0.05) is 18.9 Å². The molecule has 1 unspecified atom stereocenters. The van der Waals surface area contributed by atoms with Crippen LogP contribution in [0.1, 0.15) is 43.2 Å². The molecular weight excluding hydrogens is 250 g/mol. The zero-order valence-corrected chi connectivity index (χ0v) is 11.9. The SMILES string of the molecule is O=C(NCC1Cc2ccccc2CO1)C1CCCCC1. The van der Waals surface area contributed by atoms with Crippen molar-refractivity contribution < 1.29 is 9.53 Å². The Kier molecular flexibility index (Phi) is 4.36. The molecule has 1 N–H and O–H groups in total. The molecule has 3 heteroatoms. The van der Waals surface area contributed by atoms with Gasteiger partial charge in [-0.2, -0.15) is 0 Å². The molecule has 2 aliphatic rings. The Hall–Kier alpha value is -1.35. The second kappa shape index (κ2) is 6.40. The first-order valence-corrected chi connectivity index (χ1v) is 7.79. The van der Waals surface area contributed by atoms with E-state index in [1.807, 2.05) is 6.07 Å². The third kappa shape index (κ3) is 3.21. The van der Waals surface area contributed by atoms with Gasteiger partial charge in [0.15, 0.2) is 0 Å². The number of rotatable bonds is 3. The average molecular weight is 273 g/mol. The number of carbonyl (C=O) groups is 1. The van der Waals surface area contributed by atoms with Gasteiger partial charge in [0.05, 0.1) is 12.7 Å². The van der Waals surface area contributed by atoms with Crippen LogP contribution in [0, 0.1) is 5.92 Å². The van der Waals surface area contributed by atoms with Crippen molar-refractivity contribution in [2.24, 2.45) is 5.92 Å². The summed E-state index contributed by atoms with van der Waals surface area (Å²) in [6.07, 6.45) is 6.82. The molecule has 0 bridgehead atoms. The lowest BCUT2D eigenvalue weighted by atomic mass is 9.88. The molecule has 1 aliphatic heterocycles. The standard InChI is InChI=1S/C17H23NO2/c19-17(13-6-2-1-3-7-13)18-11-16-10-14-8-4-5-9-15(14)12-20-16/h4-5,8-9,13,16H,1-3,6-7,10-12H2,(H,18,19). The summed E-state index contributed by atoms with van der Waals surface area (Å²) in [5.74, 6) is 0.465. The lowest BCUT2D eigenvalue weighted by molar-refractivity contribution is -0.126. The minimum Gasteiger partial charge on any atom is -0.371 e. The Balaban J connectivity index is 1.49. The number of amides is 1. The third-order valence-electron chi connectivity index (χ3n) is 4.52. The van der Waals surface area contributed by atoms with Crippen LogP contribution in [0.3, 0.4) is 0 Å². The zero-order valence-electron chi connectivity index (χ0n) is 11.9. The number of hydrogen-bond donors (Lipinski definition) is 1. The fourth-order valence-electron chi connectivity index (χ4n) is 3.26. The largest absolute Gasteiger partial charge is 0.371 e. The van der Waals surface area contributed by atoms with Crippen molar-refractivity contribution in [2.75, 3.05) is 6.54 Å². The summed E-state index contributed by atoms with van der Waals surface area (Å²) in [4.78, 5) is 12.1. The summed E-state index contributed by atoms with van der Waals surface area (Å²) in [5, 5.41) is 3.09. The second-order valence-corrected chi connectivity index (χ2v) is 5.99. The maximum Gasteiger partial charge on any atom is 0.223 e. The van der Waals surface area contributed by atoms with Gasteiger partial charge in [0.25, 0.3) is 0 Å². The highest BCUT2D eigenvalue weighted by molar-refractivity contribution is 5.78. The Bertz CT molecular complexity index is 466. The molecule has 0 spiro atoms. The van der Waals surface area contributed by atoms with Gasteiger partial charge in [-0.15, -0.1) is 0 Å². The molecule has 1 aromatic carbocycles. The zero-order chi connectivity index (χ0) is 13.8. The van der Waals surface area contributed by atoms with Crippen LogP contribution in [-0.4, -0.2) is 18.6 Å². The predicted molar refractivity (Wildman–Crippen MR) is 78.3 cm³/mol. The number of fused-ring (bicyclic) bond motifs is 1. The highest BCUT2D eigenvalue weighted by Crippen LogP contribution is 2.24. The molecule has 1 fully saturated rings. The Morgan fingerprint density at radius 1 is 1.15 bits per heavy atom. The predicted octanol–water partition coefficient (Wildman–Crippen LogP) is 2.82. The van der Waals surface area contributed by atoms with Crippen LogP contribution in [0.5, 0.6) is 0 Å². The van der Waals surface area contributed by atoms with Crippen molar-refractivity contribution >= 4 is 5.91 Å². The topological polar surface area (TPSA) is 38.3 Å². The fourth-order valence-corrected chi connectivity index (χ4v) is 3.26. The number of carbonyl (C=O) groups excluding carboxylic acids is 1. The Morgan fingerprint density at radius 3 is 2.70 bits per heavy atom. The van der Waals surface area contributed by atoms with Gasteiger partial charge in [-0.1, -0.05) is 43.5 Å². The highest BCUT2D eigenvalue weighted by atomic mass is 16.5. The van der Waals surface area contributed by atoms with E-state index in [-0.39, 0.29) is 17.9 Å². The number of ether oxygens (including phenoxy) is 1. The van der Waals surface area contributed by atoms with Gasteiger partial charge in [-0.05, 0) is 24.0 Å². The summed E-state index contributed by atoms with van der Waals surface area (Å²) < 4.78 is 5.83. The minimum atomic E-state index is 0.123. The van der Waals surface area contributed by atoms with Crippen LogP contribution in [0.15, 0.2) is 24.3 Å². The molecule has 3 rings (SSSR count). The minimum absolute atomic E-state index is 0.123. The first kappa shape index (κ1) is 13.6. The molecule has 1 aromatic rings. The molecule has 108 valence electrons. The fraction of sp³-hybridized carbons (Fsp3) is 0.588. The van der Waals surface area contributed by atoms with Crippen molar-refractivity contribution in [1.29, 1.82) is 0 Å². The summed E-state index contributed by atoms with van der Waals surface area (Å²) in [6.45, 7) is 1.31. The third-order valence-corrected chi connectivity index (χ3v) is 4.52. The van der Waals surface area contributed by atoms with Gasteiger partial charge in [0.1, 0.15) is 0 Å². The van der Waals surface area contributed by atoms with Crippen LogP contribution in [-0.2, 0) is 22.6 Å². The van der Waals surface area contributed by atoms with E-state index >= 15 is 0 Å². The van der Waals surface area contributed by atoms with Gasteiger partial charge < -0.3 is 10.1 Å². The molecule has 0 saturated heterocycles. The molecule has 1 heterocycles. The van der Waals surface area contributed by atoms with E-state index < -0.39 is 0 Å². The van der Waals surface area contributed by atoms with Crippen LogP contribution < -0.4 is 5.32 Å². The van der Waals surface area contributed by atoms with Crippen molar-refractivity contribution in [1.82, 2.24) is 5.32 Å². The molecule has 1 aliphatic carbocycles. The summed E-state index contributed by atoms with van der Waals surface area (Å²) in [6, 6.07) is 8.40. The van der Waals surface area contributed by atoms with E-state index in [1.165, 1.54) is 30.4 Å². The van der Waals surface area contributed by atoms with Gasteiger partial charge >= 0.3 is 0 Å². The summed E-state index contributed by atoms with van der Waals surface area (Å²) >= 11 is 0. The van der Waals surface area contributed by atoms with Crippen molar-refractivity contribution in [3.05, 3.63) is 35.4 Å². The lowest BCUT2D eigenvalue weighted by Gasteiger charge is -2.27. The average Bonchev–Trinajstić information content (AvgIpc) is 2.53. The summed E-state index contributed by atoms with van der Waals surface area (Å²) in [7, 11) is 0. The first-order chi connectivity index (χ1) is 9.83. The van der Waals surface area contributed by atoms with Crippen molar-refractivity contribution in [3.63, 3.8) is 0 Å². The highest BCUT2D eigenvalue weighted by Gasteiger charge is 2.23. The lowest BCUT2D eigenvalue weighted by Crippen LogP contribution is -2.40. The van der Waals surface area contributed by atoms with E-state index in [0.717, 1.165) is 19.3 Å². The molecule has 0 radical (unpaired) electrons. The maximum absolute atomic E-state index is 12.1. The van der Waals surface area contributed by atoms with E-state index in [4.69, 9.17) is 4.74 Å². The van der Waals surface area contributed by atoms with E-state index in [2.05, 4.69) is 23.5 Å². The van der Waals surface area contributed by atoms with E-state index in [0.29, 0.717) is 13.2 Å². The summed E-state index contributed by atoms with van der Waals surface area (Å²) in [5.41, 5.74) is 2.64. The van der Waals surface area contributed by atoms with Crippen molar-refractivity contribution in [2.45, 2.75) is 51.2 Å². The second-order valence-electron chi connectivity index (χ2n) is 5.99. The van der Waals surface area contributed by atoms with Crippen LogP contribution >= 0.6 is 0 Å². The first-order valence-electron chi connectivity index (χ1n) is 7.79.